The van der Waals surface area contributed by atoms with E-state index in [0.29, 0.717) is 13.0 Å². The summed E-state index contributed by atoms with van der Waals surface area (Å²) >= 11 is 1.69. The fourth-order valence-electron chi connectivity index (χ4n) is 1.73. The van der Waals surface area contributed by atoms with Crippen LogP contribution in [0.4, 0.5) is 0 Å². The number of carbonyl (C=O) groups is 1. The van der Waals surface area contributed by atoms with Gasteiger partial charge in [-0.2, -0.15) is 11.8 Å². The van der Waals surface area contributed by atoms with Crippen LogP contribution in [0.1, 0.15) is 37.4 Å². The van der Waals surface area contributed by atoms with Crippen LogP contribution in [0.2, 0.25) is 0 Å². The Hall–Kier alpha value is -1.20. The Morgan fingerprint density at radius 3 is 2.80 bits per heavy atom. The summed E-state index contributed by atoms with van der Waals surface area (Å²) < 4.78 is 10.2. The lowest BCUT2D eigenvalue weighted by Gasteiger charge is -2.13. The van der Waals surface area contributed by atoms with E-state index in [-0.39, 0.29) is 12.0 Å². The maximum Gasteiger partial charge on any atom is 0.306 e. The molecule has 0 radical (unpaired) electrons. The van der Waals surface area contributed by atoms with Gasteiger partial charge in [0.1, 0.15) is 5.75 Å². The van der Waals surface area contributed by atoms with Gasteiger partial charge in [-0.25, -0.2) is 0 Å². The maximum absolute atomic E-state index is 11.1. The highest BCUT2D eigenvalue weighted by Crippen LogP contribution is 2.27. The number of carbonyl (C=O) groups excluding carboxylic acids is 1. The highest BCUT2D eigenvalue weighted by Gasteiger charge is 2.08. The van der Waals surface area contributed by atoms with Gasteiger partial charge in [0, 0.05) is 23.1 Å². The summed E-state index contributed by atoms with van der Waals surface area (Å²) in [5.41, 5.74) is 8.13. The molecule has 1 unspecified atom stereocenters. The molecule has 1 rings (SSSR count). The van der Waals surface area contributed by atoms with Crippen LogP contribution in [0.3, 0.4) is 0 Å². The minimum absolute atomic E-state index is 0.00416. The van der Waals surface area contributed by atoms with E-state index in [0.717, 1.165) is 28.4 Å². The molecule has 5 heteroatoms. The van der Waals surface area contributed by atoms with E-state index in [2.05, 4.69) is 10.8 Å². The van der Waals surface area contributed by atoms with Gasteiger partial charge < -0.3 is 15.2 Å². The minimum Gasteiger partial charge on any atom is -0.494 e. The third-order valence-corrected chi connectivity index (χ3v) is 3.85. The standard InChI is InChI=1S/C15H23NO3S/c1-4-19-14-6-5-12(11(2)16)9-13(14)10-20-8-7-15(17)18-3/h5-6,9,11H,4,7-8,10,16H2,1-3H3. The van der Waals surface area contributed by atoms with Crippen LogP contribution < -0.4 is 10.5 Å². The van der Waals surface area contributed by atoms with Crippen molar-refractivity contribution in [3.05, 3.63) is 29.3 Å². The average molecular weight is 297 g/mol. The Bertz CT molecular complexity index is 435. The molecule has 4 nitrogen and oxygen atoms in total. The van der Waals surface area contributed by atoms with Crippen molar-refractivity contribution in [3.8, 4) is 5.75 Å². The van der Waals surface area contributed by atoms with Gasteiger partial charge in [-0.3, -0.25) is 4.79 Å². The third-order valence-electron chi connectivity index (χ3n) is 2.85. The third kappa shape index (κ3) is 5.43. The number of hydrogen-bond donors (Lipinski definition) is 1. The fraction of sp³-hybridized carbons (Fsp3) is 0.533. The summed E-state index contributed by atoms with van der Waals surface area (Å²) in [5.74, 6) is 2.25. The molecule has 20 heavy (non-hydrogen) atoms. The average Bonchev–Trinajstić information content (AvgIpc) is 2.44. The zero-order valence-electron chi connectivity index (χ0n) is 12.3. The van der Waals surface area contributed by atoms with Crippen molar-refractivity contribution in [1.82, 2.24) is 0 Å². The summed E-state index contributed by atoms with van der Waals surface area (Å²) in [4.78, 5) is 11.1. The molecule has 0 fully saturated rings. The zero-order chi connectivity index (χ0) is 15.0. The summed E-state index contributed by atoms with van der Waals surface area (Å²) in [6, 6.07) is 6.06. The molecule has 0 saturated heterocycles. The fourth-order valence-corrected chi connectivity index (χ4v) is 2.63. The molecule has 0 bridgehead atoms. The molecule has 0 aliphatic carbocycles. The lowest BCUT2D eigenvalue weighted by atomic mass is 10.1. The molecular weight excluding hydrogens is 274 g/mol. The van der Waals surface area contributed by atoms with Gasteiger partial charge >= 0.3 is 5.97 Å². The lowest BCUT2D eigenvalue weighted by Crippen LogP contribution is -2.06. The Morgan fingerprint density at radius 2 is 2.20 bits per heavy atom. The zero-order valence-corrected chi connectivity index (χ0v) is 13.2. The predicted octanol–water partition coefficient (Wildman–Crippen LogP) is 2.90. The number of methoxy groups -OCH3 is 1. The van der Waals surface area contributed by atoms with Crippen LogP contribution in [0.25, 0.3) is 0 Å². The number of benzene rings is 1. The molecule has 2 N–H and O–H groups in total. The van der Waals surface area contributed by atoms with Crippen LogP contribution in [0.15, 0.2) is 18.2 Å². The molecule has 0 saturated carbocycles. The Morgan fingerprint density at radius 1 is 1.45 bits per heavy atom. The van der Waals surface area contributed by atoms with Gasteiger partial charge in [-0.15, -0.1) is 0 Å². The summed E-state index contributed by atoms with van der Waals surface area (Å²) in [6.45, 7) is 4.56. The monoisotopic (exact) mass is 297 g/mol. The molecule has 0 aliphatic rings. The topological polar surface area (TPSA) is 61.5 Å². The van der Waals surface area contributed by atoms with Gasteiger partial charge in [0.25, 0.3) is 0 Å². The molecule has 0 amide bonds. The molecular formula is C15H23NO3S. The number of hydrogen-bond acceptors (Lipinski definition) is 5. The second kappa shape index (κ2) is 8.87. The first-order valence-electron chi connectivity index (χ1n) is 6.74. The first-order valence-corrected chi connectivity index (χ1v) is 7.89. The van der Waals surface area contributed by atoms with E-state index >= 15 is 0 Å². The van der Waals surface area contributed by atoms with Crippen molar-refractivity contribution in [2.75, 3.05) is 19.5 Å². The highest BCUT2D eigenvalue weighted by atomic mass is 32.2. The molecule has 0 spiro atoms. The van der Waals surface area contributed by atoms with Crippen LogP contribution in [-0.2, 0) is 15.3 Å². The van der Waals surface area contributed by atoms with Crippen molar-refractivity contribution in [2.45, 2.75) is 32.1 Å². The van der Waals surface area contributed by atoms with Gasteiger partial charge in [-0.1, -0.05) is 6.07 Å². The summed E-state index contributed by atoms with van der Waals surface area (Å²) in [5, 5.41) is 0. The van der Waals surface area contributed by atoms with E-state index in [1.165, 1.54) is 7.11 Å². The van der Waals surface area contributed by atoms with Crippen LogP contribution >= 0.6 is 11.8 Å². The van der Waals surface area contributed by atoms with E-state index < -0.39 is 0 Å². The molecule has 0 aromatic heterocycles. The van der Waals surface area contributed by atoms with Gasteiger partial charge in [0.2, 0.25) is 0 Å². The smallest absolute Gasteiger partial charge is 0.306 e. The van der Waals surface area contributed by atoms with Crippen LogP contribution in [-0.4, -0.2) is 25.4 Å². The summed E-state index contributed by atoms with van der Waals surface area (Å²) in [7, 11) is 1.41. The first-order chi connectivity index (χ1) is 9.58. The Balaban J connectivity index is 2.64. The second-order valence-electron chi connectivity index (χ2n) is 4.47. The van der Waals surface area contributed by atoms with Gasteiger partial charge in [0.05, 0.1) is 20.1 Å². The molecule has 1 aromatic carbocycles. The van der Waals surface area contributed by atoms with E-state index in [9.17, 15) is 4.79 Å². The summed E-state index contributed by atoms with van der Waals surface area (Å²) in [6.07, 6.45) is 0.429. The molecule has 1 atom stereocenters. The normalized spacial score (nSPS) is 12.0. The van der Waals surface area contributed by atoms with Gasteiger partial charge in [0.15, 0.2) is 0 Å². The van der Waals surface area contributed by atoms with Crippen LogP contribution in [0, 0.1) is 0 Å². The minimum atomic E-state index is -0.174. The van der Waals surface area contributed by atoms with Gasteiger partial charge in [-0.05, 0) is 31.5 Å². The first kappa shape index (κ1) is 16.9. The lowest BCUT2D eigenvalue weighted by molar-refractivity contribution is -0.140. The SMILES string of the molecule is CCOc1ccc(C(C)N)cc1CSCCC(=O)OC. The number of rotatable bonds is 8. The molecule has 1 aromatic rings. The van der Waals surface area contributed by atoms with Crippen molar-refractivity contribution >= 4 is 17.7 Å². The number of nitrogens with two attached hydrogens (primary N) is 1. The van der Waals surface area contributed by atoms with Crippen molar-refractivity contribution in [2.24, 2.45) is 5.73 Å². The number of thioether (sulfide) groups is 1. The molecule has 112 valence electrons. The van der Waals surface area contributed by atoms with E-state index in [1.54, 1.807) is 11.8 Å². The molecule has 0 aliphatic heterocycles. The maximum atomic E-state index is 11.1. The van der Waals surface area contributed by atoms with Crippen LogP contribution in [0.5, 0.6) is 5.75 Å². The molecule has 0 heterocycles. The number of ether oxygens (including phenoxy) is 2. The second-order valence-corrected chi connectivity index (χ2v) is 5.57. The Labute approximate surface area is 125 Å². The largest absolute Gasteiger partial charge is 0.494 e. The Kier molecular flexibility index (Phi) is 7.47. The highest BCUT2D eigenvalue weighted by molar-refractivity contribution is 7.98. The van der Waals surface area contributed by atoms with E-state index in [4.69, 9.17) is 10.5 Å². The van der Waals surface area contributed by atoms with Crippen molar-refractivity contribution < 1.29 is 14.3 Å². The van der Waals surface area contributed by atoms with Crippen molar-refractivity contribution in [1.29, 1.82) is 0 Å². The van der Waals surface area contributed by atoms with E-state index in [1.807, 2.05) is 26.0 Å². The quantitative estimate of drug-likeness (QED) is 0.590. The van der Waals surface area contributed by atoms with Crippen molar-refractivity contribution in [3.63, 3.8) is 0 Å². The predicted molar refractivity (Wildman–Crippen MR) is 83.0 cm³/mol. The number of esters is 1.